The fraction of sp³-hybridized carbons (Fsp3) is 0.0800. The number of benzene rings is 3. The number of aromatic nitrogens is 2. The molecule has 0 atom stereocenters. The average molecular weight is 414 g/mol. The van der Waals surface area contributed by atoms with Crippen molar-refractivity contribution in [3.05, 3.63) is 126 Å². The molecule has 0 bridgehead atoms. The van der Waals surface area contributed by atoms with Crippen LogP contribution in [0.25, 0.3) is 0 Å². The highest BCUT2D eigenvalue weighted by molar-refractivity contribution is 5.49. The van der Waals surface area contributed by atoms with E-state index in [9.17, 15) is 0 Å². The zero-order valence-electron chi connectivity index (χ0n) is 17.1. The molecular formula is C25H27N5O. The van der Waals surface area contributed by atoms with E-state index < -0.39 is 5.54 Å². The highest BCUT2D eigenvalue weighted by Gasteiger charge is 2.35. The molecule has 4 aromatic rings. The molecule has 6 heteroatoms. The predicted molar refractivity (Wildman–Crippen MR) is 125 cm³/mol. The van der Waals surface area contributed by atoms with E-state index in [1.54, 1.807) is 12.5 Å². The van der Waals surface area contributed by atoms with Crippen LogP contribution >= 0.6 is 0 Å². The van der Waals surface area contributed by atoms with Crippen LogP contribution < -0.4 is 17.0 Å². The molecule has 1 heterocycles. The van der Waals surface area contributed by atoms with Crippen LogP contribution in [0, 0.1) is 11.8 Å². The van der Waals surface area contributed by atoms with E-state index in [0.29, 0.717) is 6.54 Å². The first-order valence-corrected chi connectivity index (χ1v) is 9.62. The molecule has 0 amide bonds. The fourth-order valence-electron chi connectivity index (χ4n) is 3.51. The summed E-state index contributed by atoms with van der Waals surface area (Å²) in [5.41, 5.74) is 3.85. The van der Waals surface area contributed by atoms with Crippen molar-refractivity contribution in [1.82, 2.24) is 15.3 Å². The summed E-state index contributed by atoms with van der Waals surface area (Å²) >= 11 is 0. The highest BCUT2D eigenvalue weighted by Crippen LogP contribution is 2.36. The van der Waals surface area contributed by atoms with Gasteiger partial charge in [-0.2, -0.15) is 0 Å². The first-order valence-electron chi connectivity index (χ1n) is 9.62. The van der Waals surface area contributed by atoms with Crippen molar-refractivity contribution in [2.45, 2.75) is 5.54 Å². The Labute approximate surface area is 182 Å². The third kappa shape index (κ3) is 5.45. The van der Waals surface area contributed by atoms with Gasteiger partial charge in [0.2, 0.25) is 0 Å². The Morgan fingerprint density at radius 3 is 1.61 bits per heavy atom. The Bertz CT molecular complexity index is 960. The second kappa shape index (κ2) is 12.1. The maximum Gasteiger partial charge on any atom is 0.109 e. The van der Waals surface area contributed by atoms with Crippen molar-refractivity contribution in [3.63, 3.8) is 0 Å². The lowest BCUT2D eigenvalue weighted by molar-refractivity contribution is 0.505. The van der Waals surface area contributed by atoms with Crippen LogP contribution in [0.15, 0.2) is 104 Å². The minimum Gasteiger partial charge on any atom is -0.412 e. The molecule has 0 aliphatic heterocycles. The molecule has 6 nitrogen and oxygen atoms in total. The summed E-state index contributed by atoms with van der Waals surface area (Å²) in [6, 6.07) is 31.6. The Hall–Kier alpha value is -3.73. The van der Waals surface area contributed by atoms with Crippen molar-refractivity contribution >= 4 is 0 Å². The minimum atomic E-state index is -0.494. The first-order chi connectivity index (χ1) is 14.9. The van der Waals surface area contributed by atoms with Crippen LogP contribution in [0.3, 0.4) is 0 Å². The predicted octanol–water partition coefficient (Wildman–Crippen LogP) is 2.34. The number of nitrogens with one attached hydrogen (secondary N) is 2. The highest BCUT2D eigenvalue weighted by atomic mass is 16.0. The molecule has 0 radical (unpaired) electrons. The summed E-state index contributed by atoms with van der Waals surface area (Å²) in [6.45, 7) is 0.525. The molecule has 0 aliphatic carbocycles. The number of hydrogen-bond donors (Lipinski definition) is 4. The smallest absolute Gasteiger partial charge is 0.109 e. The van der Waals surface area contributed by atoms with Gasteiger partial charge in [0.15, 0.2) is 0 Å². The van der Waals surface area contributed by atoms with Crippen molar-refractivity contribution in [2.24, 2.45) is 11.7 Å². The van der Waals surface area contributed by atoms with Crippen LogP contribution in [0.2, 0.25) is 0 Å². The topological polar surface area (TPSA) is 124 Å². The van der Waals surface area contributed by atoms with Gasteiger partial charge in [0, 0.05) is 0 Å². The van der Waals surface area contributed by atoms with Gasteiger partial charge in [0.05, 0.1) is 24.6 Å². The normalized spacial score (nSPS) is 10.0. The second-order valence-corrected chi connectivity index (χ2v) is 6.47. The van der Waals surface area contributed by atoms with Crippen LogP contribution in [-0.2, 0) is 5.54 Å². The third-order valence-corrected chi connectivity index (χ3v) is 4.78. The summed E-state index contributed by atoms with van der Waals surface area (Å²) in [6.07, 6.45) is 3.37. The van der Waals surface area contributed by atoms with Gasteiger partial charge < -0.3 is 10.5 Å². The molecule has 0 fully saturated rings. The molecule has 0 spiro atoms. The van der Waals surface area contributed by atoms with Gasteiger partial charge in [-0.1, -0.05) is 96.9 Å². The van der Waals surface area contributed by atoms with E-state index in [1.165, 1.54) is 16.7 Å². The third-order valence-electron chi connectivity index (χ3n) is 4.78. The Morgan fingerprint density at radius 2 is 1.23 bits per heavy atom. The average Bonchev–Trinajstić information content (AvgIpc) is 3.36. The lowest BCUT2D eigenvalue weighted by atomic mass is 9.77. The van der Waals surface area contributed by atoms with Gasteiger partial charge >= 0.3 is 0 Å². The quantitative estimate of drug-likeness (QED) is 0.173. The van der Waals surface area contributed by atoms with Gasteiger partial charge in [0.25, 0.3) is 0 Å². The number of nitrogens with two attached hydrogens (primary N) is 2. The molecule has 0 saturated carbocycles. The summed E-state index contributed by atoms with van der Waals surface area (Å²) < 4.78 is 0. The summed E-state index contributed by atoms with van der Waals surface area (Å²) in [5.74, 6) is 14.3. The number of nitrogens with zero attached hydrogens (tertiary/aromatic N) is 1. The van der Waals surface area contributed by atoms with Crippen LogP contribution in [0.1, 0.15) is 22.4 Å². The molecular weight excluding hydrogens is 386 g/mol. The van der Waals surface area contributed by atoms with E-state index in [0.717, 1.165) is 5.69 Å². The number of H-pyrrole nitrogens is 1. The standard InChI is InChI=1S/C25H21N3.H4N2.H2O/c1-4-11-21(12-5-1)25(22-13-6-2-7-14-22,23-15-8-3-9-16-23)28-18-10-17-24-19-26-20-27-24;1-2;/h1-9,11-16,19-20,28H,18H2,(H,26,27);1-2H2;1H2. The van der Waals surface area contributed by atoms with Crippen LogP contribution in [0.5, 0.6) is 0 Å². The SMILES string of the molecule is C(#Cc1cnc[nH]1)CNC(c1ccccc1)(c1ccccc1)c1ccccc1.NN.O. The molecule has 1 aromatic heterocycles. The van der Waals surface area contributed by atoms with Gasteiger partial charge in [-0.3, -0.25) is 17.0 Å². The van der Waals surface area contributed by atoms with Gasteiger partial charge in [-0.05, 0) is 22.6 Å². The Kier molecular flexibility index (Phi) is 9.17. The second-order valence-electron chi connectivity index (χ2n) is 6.47. The molecule has 0 unspecified atom stereocenters. The number of aromatic amines is 1. The largest absolute Gasteiger partial charge is 0.412 e. The van der Waals surface area contributed by atoms with E-state index in [1.807, 2.05) is 18.2 Å². The fourth-order valence-corrected chi connectivity index (χ4v) is 3.51. The van der Waals surface area contributed by atoms with E-state index in [4.69, 9.17) is 0 Å². The number of hydrazine groups is 1. The monoisotopic (exact) mass is 413 g/mol. The minimum absolute atomic E-state index is 0. The molecule has 31 heavy (non-hydrogen) atoms. The zero-order chi connectivity index (χ0) is 21.1. The lowest BCUT2D eigenvalue weighted by Crippen LogP contribution is -2.44. The molecule has 3 aromatic carbocycles. The molecule has 4 rings (SSSR count). The van der Waals surface area contributed by atoms with Gasteiger partial charge in [-0.15, -0.1) is 0 Å². The van der Waals surface area contributed by atoms with Crippen molar-refractivity contribution < 1.29 is 5.48 Å². The molecule has 158 valence electrons. The summed E-state index contributed by atoms with van der Waals surface area (Å²) in [4.78, 5) is 7.03. The zero-order valence-corrected chi connectivity index (χ0v) is 17.1. The maximum atomic E-state index is 4.01. The summed E-state index contributed by atoms with van der Waals surface area (Å²) in [5, 5.41) is 3.74. The number of rotatable bonds is 5. The molecule has 0 saturated heterocycles. The van der Waals surface area contributed by atoms with E-state index in [2.05, 4.69) is 112 Å². The first kappa shape index (κ1) is 23.5. The molecule has 8 N–H and O–H groups in total. The van der Waals surface area contributed by atoms with Crippen molar-refractivity contribution in [3.8, 4) is 11.8 Å². The number of imidazole rings is 1. The lowest BCUT2D eigenvalue weighted by Gasteiger charge is -2.36. The van der Waals surface area contributed by atoms with Crippen molar-refractivity contribution in [2.75, 3.05) is 6.54 Å². The summed E-state index contributed by atoms with van der Waals surface area (Å²) in [7, 11) is 0. The Morgan fingerprint density at radius 1 is 0.774 bits per heavy atom. The maximum absolute atomic E-state index is 4.01. The molecule has 0 aliphatic rings. The van der Waals surface area contributed by atoms with Crippen molar-refractivity contribution in [1.29, 1.82) is 0 Å². The van der Waals surface area contributed by atoms with Crippen LogP contribution in [-0.4, -0.2) is 22.0 Å². The van der Waals surface area contributed by atoms with Gasteiger partial charge in [-0.25, -0.2) is 4.98 Å². The Balaban J connectivity index is 0.00000111. The van der Waals surface area contributed by atoms with Crippen LogP contribution in [0.4, 0.5) is 0 Å². The van der Waals surface area contributed by atoms with E-state index >= 15 is 0 Å². The van der Waals surface area contributed by atoms with Gasteiger partial charge in [0.1, 0.15) is 5.69 Å². The van der Waals surface area contributed by atoms with E-state index in [-0.39, 0.29) is 5.48 Å². The number of hydrogen-bond acceptors (Lipinski definition) is 4.